The Balaban J connectivity index is 1.40. The molecule has 0 aliphatic heterocycles. The van der Waals surface area contributed by atoms with E-state index in [9.17, 15) is 4.79 Å². The number of hydrogen-bond acceptors (Lipinski definition) is 6. The van der Waals surface area contributed by atoms with Gasteiger partial charge in [-0.2, -0.15) is 5.10 Å². The molecular formula is C21H19N5O2S. The lowest BCUT2D eigenvalue weighted by molar-refractivity contribution is 0.102. The Hall–Kier alpha value is -3.52. The molecule has 0 saturated heterocycles. The van der Waals surface area contributed by atoms with Gasteiger partial charge in [-0.25, -0.2) is 14.6 Å². The first-order chi connectivity index (χ1) is 14.2. The predicted molar refractivity (Wildman–Crippen MR) is 111 cm³/mol. The summed E-state index contributed by atoms with van der Waals surface area (Å²) in [6, 6.07) is 14.8. The Bertz CT molecular complexity index is 1110. The van der Waals surface area contributed by atoms with Crippen LogP contribution in [-0.2, 0) is 13.2 Å². The number of amides is 1. The van der Waals surface area contributed by atoms with Gasteiger partial charge in [0.2, 0.25) is 0 Å². The maximum absolute atomic E-state index is 12.7. The third-order valence-corrected chi connectivity index (χ3v) is 4.97. The fourth-order valence-corrected chi connectivity index (χ4v) is 3.41. The number of thiazole rings is 1. The van der Waals surface area contributed by atoms with Crippen molar-refractivity contribution in [1.82, 2.24) is 19.7 Å². The molecule has 7 nitrogen and oxygen atoms in total. The van der Waals surface area contributed by atoms with E-state index in [2.05, 4.69) is 20.4 Å². The lowest BCUT2D eigenvalue weighted by Gasteiger charge is -2.09. The number of hydrogen-bond donors (Lipinski definition) is 1. The molecule has 0 aliphatic rings. The molecule has 0 radical (unpaired) electrons. The van der Waals surface area contributed by atoms with Gasteiger partial charge in [0.15, 0.2) is 0 Å². The van der Waals surface area contributed by atoms with E-state index in [-0.39, 0.29) is 5.91 Å². The minimum atomic E-state index is -0.196. The van der Waals surface area contributed by atoms with Gasteiger partial charge in [0.1, 0.15) is 25.0 Å². The van der Waals surface area contributed by atoms with Crippen molar-refractivity contribution in [1.29, 1.82) is 0 Å². The molecule has 1 amide bonds. The molecule has 146 valence electrons. The maximum atomic E-state index is 12.7. The molecule has 0 fully saturated rings. The Kier molecular flexibility index (Phi) is 5.62. The second kappa shape index (κ2) is 8.66. The number of aromatic nitrogens is 4. The summed E-state index contributed by atoms with van der Waals surface area (Å²) in [5, 5.41) is 10.0. The van der Waals surface area contributed by atoms with E-state index < -0.39 is 0 Å². The molecule has 8 heteroatoms. The van der Waals surface area contributed by atoms with Crippen molar-refractivity contribution >= 4 is 22.9 Å². The molecule has 0 atom stereocenters. The topological polar surface area (TPSA) is 81.9 Å². The third-order valence-electron chi connectivity index (χ3n) is 4.15. The highest BCUT2D eigenvalue weighted by molar-refractivity contribution is 7.09. The van der Waals surface area contributed by atoms with Crippen LogP contribution in [0.1, 0.15) is 26.6 Å². The SMILES string of the molecule is Cc1nc(COc2cccc(C(=O)Nc3cccc(Cn4cncn4)c3)c2)cs1. The van der Waals surface area contributed by atoms with E-state index >= 15 is 0 Å². The average Bonchev–Trinajstić information content (AvgIpc) is 3.38. The highest BCUT2D eigenvalue weighted by atomic mass is 32.1. The molecule has 2 heterocycles. The monoisotopic (exact) mass is 405 g/mol. The molecule has 0 unspecified atom stereocenters. The first-order valence-corrected chi connectivity index (χ1v) is 9.90. The first kappa shape index (κ1) is 18.8. The second-order valence-electron chi connectivity index (χ2n) is 6.42. The van der Waals surface area contributed by atoms with Crippen LogP contribution < -0.4 is 10.1 Å². The highest BCUT2D eigenvalue weighted by Gasteiger charge is 2.09. The normalized spacial score (nSPS) is 10.7. The van der Waals surface area contributed by atoms with E-state index in [1.807, 2.05) is 42.6 Å². The average molecular weight is 405 g/mol. The minimum Gasteiger partial charge on any atom is -0.487 e. The molecule has 4 aromatic rings. The van der Waals surface area contributed by atoms with Crippen LogP contribution in [0.15, 0.2) is 66.6 Å². The fourth-order valence-electron chi connectivity index (χ4n) is 2.81. The lowest BCUT2D eigenvalue weighted by atomic mass is 10.1. The largest absolute Gasteiger partial charge is 0.487 e. The highest BCUT2D eigenvalue weighted by Crippen LogP contribution is 2.18. The molecule has 29 heavy (non-hydrogen) atoms. The van der Waals surface area contributed by atoms with Gasteiger partial charge in [-0.3, -0.25) is 4.79 Å². The van der Waals surface area contributed by atoms with E-state index in [1.165, 1.54) is 6.33 Å². The number of carbonyl (C=O) groups is 1. The predicted octanol–water partition coefficient (Wildman–Crippen LogP) is 3.92. The Labute approximate surface area is 172 Å². The Morgan fingerprint density at radius 3 is 2.90 bits per heavy atom. The molecule has 2 aromatic heterocycles. The molecule has 4 rings (SSSR count). The minimum absolute atomic E-state index is 0.196. The standard InChI is InChI=1S/C21H19N5O2S/c1-15-24-19(12-29-15)11-28-20-7-3-5-17(9-20)21(27)25-18-6-2-4-16(8-18)10-26-14-22-13-23-26/h2-9,12-14H,10-11H2,1H3,(H,25,27). The number of benzene rings is 2. The molecule has 0 bridgehead atoms. The van der Waals surface area contributed by atoms with Crippen LogP contribution in [0.5, 0.6) is 5.75 Å². The van der Waals surface area contributed by atoms with Gasteiger partial charge in [0.25, 0.3) is 5.91 Å². The van der Waals surface area contributed by atoms with E-state index in [0.717, 1.165) is 22.0 Å². The molecule has 0 spiro atoms. The Morgan fingerprint density at radius 2 is 2.10 bits per heavy atom. The molecular weight excluding hydrogens is 386 g/mol. The van der Waals surface area contributed by atoms with Crippen LogP contribution in [0, 0.1) is 6.92 Å². The van der Waals surface area contributed by atoms with Crippen molar-refractivity contribution in [2.75, 3.05) is 5.32 Å². The lowest BCUT2D eigenvalue weighted by Crippen LogP contribution is -2.12. The van der Waals surface area contributed by atoms with Gasteiger partial charge < -0.3 is 10.1 Å². The summed E-state index contributed by atoms with van der Waals surface area (Å²) in [4.78, 5) is 21.0. The van der Waals surface area contributed by atoms with Crippen LogP contribution >= 0.6 is 11.3 Å². The van der Waals surface area contributed by atoms with Crippen molar-refractivity contribution in [2.45, 2.75) is 20.1 Å². The van der Waals surface area contributed by atoms with E-state index in [0.29, 0.717) is 24.5 Å². The number of nitrogens with one attached hydrogen (secondary N) is 1. The van der Waals surface area contributed by atoms with Gasteiger partial charge >= 0.3 is 0 Å². The summed E-state index contributed by atoms with van der Waals surface area (Å²) in [5.41, 5.74) is 3.14. The zero-order valence-corrected chi connectivity index (χ0v) is 16.6. The second-order valence-corrected chi connectivity index (χ2v) is 7.48. The first-order valence-electron chi connectivity index (χ1n) is 9.02. The van der Waals surface area contributed by atoms with Gasteiger partial charge in [-0.1, -0.05) is 18.2 Å². The van der Waals surface area contributed by atoms with Crippen LogP contribution in [0.4, 0.5) is 5.69 Å². The number of nitrogens with zero attached hydrogens (tertiary/aromatic N) is 4. The summed E-state index contributed by atoms with van der Waals surface area (Å²) in [5.74, 6) is 0.432. The van der Waals surface area contributed by atoms with Crippen molar-refractivity contribution in [3.63, 3.8) is 0 Å². The molecule has 0 saturated carbocycles. The quantitative estimate of drug-likeness (QED) is 0.504. The van der Waals surface area contributed by atoms with Crippen molar-refractivity contribution in [3.8, 4) is 5.75 Å². The number of ether oxygens (including phenoxy) is 1. The summed E-state index contributed by atoms with van der Waals surface area (Å²) < 4.78 is 7.50. The van der Waals surface area contributed by atoms with Crippen molar-refractivity contribution in [2.24, 2.45) is 0 Å². The van der Waals surface area contributed by atoms with Crippen LogP contribution in [-0.4, -0.2) is 25.7 Å². The van der Waals surface area contributed by atoms with Crippen molar-refractivity contribution < 1.29 is 9.53 Å². The zero-order valence-electron chi connectivity index (χ0n) is 15.8. The number of carbonyl (C=O) groups excluding carboxylic acids is 1. The maximum Gasteiger partial charge on any atom is 0.255 e. The molecule has 0 aliphatic carbocycles. The summed E-state index contributed by atoms with van der Waals surface area (Å²) >= 11 is 1.59. The summed E-state index contributed by atoms with van der Waals surface area (Å²) in [6.45, 7) is 2.92. The van der Waals surface area contributed by atoms with Gasteiger partial charge in [-0.05, 0) is 42.8 Å². The third kappa shape index (κ3) is 5.05. The van der Waals surface area contributed by atoms with E-state index in [4.69, 9.17) is 4.74 Å². The zero-order chi connectivity index (χ0) is 20.1. The summed E-state index contributed by atoms with van der Waals surface area (Å²) in [7, 11) is 0. The van der Waals surface area contributed by atoms with Crippen LogP contribution in [0.2, 0.25) is 0 Å². The van der Waals surface area contributed by atoms with Gasteiger partial charge in [0, 0.05) is 16.6 Å². The smallest absolute Gasteiger partial charge is 0.255 e. The van der Waals surface area contributed by atoms with Crippen LogP contribution in [0.25, 0.3) is 0 Å². The van der Waals surface area contributed by atoms with Crippen molar-refractivity contribution in [3.05, 3.63) is 88.4 Å². The fraction of sp³-hybridized carbons (Fsp3) is 0.143. The van der Waals surface area contributed by atoms with Crippen LogP contribution in [0.3, 0.4) is 0 Å². The number of aryl methyl sites for hydroxylation is 1. The molecule has 2 aromatic carbocycles. The van der Waals surface area contributed by atoms with Gasteiger partial charge in [0.05, 0.1) is 17.2 Å². The van der Waals surface area contributed by atoms with Gasteiger partial charge in [-0.15, -0.1) is 11.3 Å². The molecule has 1 N–H and O–H groups in total. The van der Waals surface area contributed by atoms with E-state index in [1.54, 1.807) is 40.5 Å². The Morgan fingerprint density at radius 1 is 1.21 bits per heavy atom. The number of rotatable bonds is 7. The summed E-state index contributed by atoms with van der Waals surface area (Å²) in [6.07, 6.45) is 3.15. The number of anilines is 1.